The molecule has 2 aliphatic heterocycles. The van der Waals surface area contributed by atoms with Gasteiger partial charge < -0.3 is 19.2 Å². The van der Waals surface area contributed by atoms with Crippen LogP contribution in [0.5, 0.6) is 5.75 Å². The van der Waals surface area contributed by atoms with Crippen molar-refractivity contribution in [3.05, 3.63) is 77.9 Å². The Labute approximate surface area is 180 Å². The molecule has 1 amide bonds. The minimum Gasteiger partial charge on any atom is -0.497 e. The summed E-state index contributed by atoms with van der Waals surface area (Å²) >= 11 is 0. The van der Waals surface area contributed by atoms with Gasteiger partial charge >= 0.3 is 0 Å². The number of hydrazine groups is 1. The van der Waals surface area contributed by atoms with Gasteiger partial charge in [-0.2, -0.15) is 4.98 Å². The van der Waals surface area contributed by atoms with Gasteiger partial charge in [0.05, 0.1) is 13.2 Å². The Bertz CT molecular complexity index is 1120. The third-order valence-electron chi connectivity index (χ3n) is 5.64. The fourth-order valence-electron chi connectivity index (χ4n) is 3.99. The summed E-state index contributed by atoms with van der Waals surface area (Å²) in [6.07, 6.45) is 4.30. The van der Waals surface area contributed by atoms with Gasteiger partial charge in [0.25, 0.3) is 5.91 Å². The number of carbonyl (C=O) groups excluding carboxylic acids is 1. The Kier molecular flexibility index (Phi) is 4.91. The summed E-state index contributed by atoms with van der Waals surface area (Å²) in [5, 5.41) is 5.94. The van der Waals surface area contributed by atoms with Crippen molar-refractivity contribution in [1.82, 2.24) is 25.5 Å². The first-order valence-corrected chi connectivity index (χ1v) is 10.2. The molecule has 0 radical (unpaired) electrons. The average Bonchev–Trinajstić information content (AvgIpc) is 3.44. The fourth-order valence-corrected chi connectivity index (χ4v) is 3.99. The van der Waals surface area contributed by atoms with Gasteiger partial charge in [-0.15, -0.1) is 0 Å². The molecule has 3 aromatic rings. The lowest BCUT2D eigenvalue weighted by molar-refractivity contribution is -0.135. The molecule has 1 saturated heterocycles. The number of rotatable bonds is 5. The van der Waals surface area contributed by atoms with E-state index in [0.717, 1.165) is 22.4 Å². The molecule has 2 atom stereocenters. The van der Waals surface area contributed by atoms with Crippen molar-refractivity contribution >= 4 is 5.91 Å². The molecule has 2 unspecified atom stereocenters. The van der Waals surface area contributed by atoms with E-state index in [4.69, 9.17) is 9.26 Å². The maximum absolute atomic E-state index is 13.1. The second kappa shape index (κ2) is 7.88. The normalized spacial score (nSPS) is 20.3. The fraction of sp³-hybridized carbons (Fsp3) is 0.261. The number of carbonyl (C=O) groups is 1. The number of aromatic nitrogens is 2. The van der Waals surface area contributed by atoms with E-state index in [-0.39, 0.29) is 24.5 Å². The third kappa shape index (κ3) is 3.77. The van der Waals surface area contributed by atoms with Crippen molar-refractivity contribution in [2.45, 2.75) is 32.0 Å². The zero-order valence-corrected chi connectivity index (χ0v) is 17.4. The minimum absolute atomic E-state index is 0.00122. The van der Waals surface area contributed by atoms with Gasteiger partial charge in [-0.05, 0) is 37.1 Å². The Morgan fingerprint density at radius 2 is 2.03 bits per heavy atom. The van der Waals surface area contributed by atoms with Crippen LogP contribution in [0.25, 0.3) is 11.4 Å². The molecule has 0 spiro atoms. The smallest absolute Gasteiger partial charge is 0.251 e. The number of nitrogens with one attached hydrogen (secondary N) is 1. The number of hydrogen-bond acceptors (Lipinski definition) is 7. The van der Waals surface area contributed by atoms with Crippen molar-refractivity contribution in [3.8, 4) is 17.1 Å². The third-order valence-corrected chi connectivity index (χ3v) is 5.64. The quantitative estimate of drug-likeness (QED) is 0.683. The van der Waals surface area contributed by atoms with Gasteiger partial charge in [-0.3, -0.25) is 4.79 Å². The highest BCUT2D eigenvalue weighted by Gasteiger charge is 2.40. The van der Waals surface area contributed by atoms with Crippen LogP contribution >= 0.6 is 0 Å². The number of amides is 1. The van der Waals surface area contributed by atoms with E-state index in [0.29, 0.717) is 18.1 Å². The zero-order chi connectivity index (χ0) is 21.4. The standard InChI is InChI=1S/C23H23N5O3/c1-15-4-3-5-17(12-15)22-24-21(31-26-22)14-27-10-11-28-20(23(27)29)13-19(25-28)16-6-8-18(30-2)9-7-16/h3-12,19-20,25H,13-14H2,1-2H3. The summed E-state index contributed by atoms with van der Waals surface area (Å²) in [4.78, 5) is 19.2. The molecule has 0 aliphatic carbocycles. The van der Waals surface area contributed by atoms with Crippen LogP contribution in [0, 0.1) is 6.92 Å². The number of hydrogen-bond donors (Lipinski definition) is 1. The van der Waals surface area contributed by atoms with Crippen molar-refractivity contribution in [2.24, 2.45) is 0 Å². The number of ether oxygens (including phenoxy) is 1. The SMILES string of the molecule is COc1ccc(C2CC3C(=O)N(Cc4nc(-c5cccc(C)c5)no4)C=CN3N2)cc1. The summed E-state index contributed by atoms with van der Waals surface area (Å²) in [6.45, 7) is 2.26. The molecule has 5 rings (SSSR count). The van der Waals surface area contributed by atoms with Gasteiger partial charge in [0.1, 0.15) is 18.3 Å². The maximum atomic E-state index is 13.1. The van der Waals surface area contributed by atoms with E-state index in [1.807, 2.05) is 66.7 Å². The van der Waals surface area contributed by atoms with Gasteiger partial charge in [0, 0.05) is 18.0 Å². The first-order chi connectivity index (χ1) is 15.1. The number of benzene rings is 2. The molecule has 3 heterocycles. The van der Waals surface area contributed by atoms with E-state index >= 15 is 0 Å². The van der Waals surface area contributed by atoms with Crippen LogP contribution in [-0.4, -0.2) is 39.1 Å². The van der Waals surface area contributed by atoms with Gasteiger partial charge in [0.2, 0.25) is 11.7 Å². The molecule has 8 heteroatoms. The Morgan fingerprint density at radius 3 is 2.81 bits per heavy atom. The van der Waals surface area contributed by atoms with Crippen LogP contribution in [0.2, 0.25) is 0 Å². The predicted octanol–water partition coefficient (Wildman–Crippen LogP) is 3.19. The zero-order valence-electron chi connectivity index (χ0n) is 17.4. The van der Waals surface area contributed by atoms with Crippen LogP contribution < -0.4 is 10.2 Å². The molecule has 1 fully saturated rings. The maximum Gasteiger partial charge on any atom is 0.251 e. The highest BCUT2D eigenvalue weighted by atomic mass is 16.5. The topological polar surface area (TPSA) is 83.7 Å². The van der Waals surface area contributed by atoms with Crippen LogP contribution in [-0.2, 0) is 11.3 Å². The summed E-state index contributed by atoms with van der Waals surface area (Å²) in [5.41, 5.74) is 6.53. The highest BCUT2D eigenvalue weighted by molar-refractivity contribution is 5.84. The van der Waals surface area contributed by atoms with Crippen LogP contribution in [0.15, 0.2) is 65.5 Å². The lowest BCUT2D eigenvalue weighted by Gasteiger charge is -2.30. The minimum atomic E-state index is -0.281. The molecule has 1 aromatic heterocycles. The Morgan fingerprint density at radius 1 is 1.19 bits per heavy atom. The lowest BCUT2D eigenvalue weighted by atomic mass is 10.0. The van der Waals surface area contributed by atoms with Crippen LogP contribution in [0.4, 0.5) is 0 Å². The number of methoxy groups -OCH3 is 1. The first-order valence-electron chi connectivity index (χ1n) is 10.2. The summed E-state index contributed by atoms with van der Waals surface area (Å²) in [7, 11) is 1.65. The molecule has 2 aromatic carbocycles. The van der Waals surface area contributed by atoms with Crippen LogP contribution in [0.3, 0.4) is 0 Å². The van der Waals surface area contributed by atoms with Crippen molar-refractivity contribution in [2.75, 3.05) is 7.11 Å². The lowest BCUT2D eigenvalue weighted by Crippen LogP contribution is -2.47. The first kappa shape index (κ1) is 19.3. The summed E-state index contributed by atoms with van der Waals surface area (Å²) in [6, 6.07) is 15.6. The average molecular weight is 417 g/mol. The molecule has 8 nitrogen and oxygen atoms in total. The monoisotopic (exact) mass is 417 g/mol. The second-order valence-electron chi connectivity index (χ2n) is 7.76. The summed E-state index contributed by atoms with van der Waals surface area (Å²) in [5.74, 6) is 1.74. The van der Waals surface area contributed by atoms with Gasteiger partial charge in [-0.25, -0.2) is 5.43 Å². The van der Waals surface area contributed by atoms with Gasteiger partial charge in [0.15, 0.2) is 0 Å². The molecule has 158 valence electrons. The van der Waals surface area contributed by atoms with E-state index in [1.54, 1.807) is 18.2 Å². The molecule has 0 bridgehead atoms. The van der Waals surface area contributed by atoms with E-state index < -0.39 is 0 Å². The second-order valence-corrected chi connectivity index (χ2v) is 7.76. The molecular weight excluding hydrogens is 394 g/mol. The molecule has 2 aliphatic rings. The largest absolute Gasteiger partial charge is 0.497 e. The molecule has 31 heavy (non-hydrogen) atoms. The Balaban J connectivity index is 1.27. The highest BCUT2D eigenvalue weighted by Crippen LogP contribution is 2.32. The number of fused-ring (bicyclic) bond motifs is 1. The number of aryl methyl sites for hydroxylation is 1. The van der Waals surface area contributed by atoms with E-state index in [9.17, 15) is 4.79 Å². The van der Waals surface area contributed by atoms with Crippen molar-refractivity contribution in [1.29, 1.82) is 0 Å². The number of nitrogens with zero attached hydrogens (tertiary/aromatic N) is 4. The van der Waals surface area contributed by atoms with E-state index in [1.165, 1.54) is 0 Å². The Hall–Kier alpha value is -3.65. The molecular formula is C23H23N5O3. The van der Waals surface area contributed by atoms with E-state index in [2.05, 4.69) is 15.6 Å². The van der Waals surface area contributed by atoms with Gasteiger partial charge in [-0.1, -0.05) is 41.1 Å². The molecule has 0 saturated carbocycles. The molecule has 1 N–H and O–H groups in total. The summed E-state index contributed by atoms with van der Waals surface area (Å²) < 4.78 is 10.6. The predicted molar refractivity (Wildman–Crippen MR) is 113 cm³/mol. The van der Waals surface area contributed by atoms with Crippen LogP contribution in [0.1, 0.15) is 29.5 Å². The van der Waals surface area contributed by atoms with Crippen molar-refractivity contribution in [3.63, 3.8) is 0 Å². The van der Waals surface area contributed by atoms with Crippen molar-refractivity contribution < 1.29 is 14.1 Å².